The highest BCUT2D eigenvalue weighted by atomic mass is 32.2. The van der Waals surface area contributed by atoms with Gasteiger partial charge in [0.1, 0.15) is 5.54 Å². The maximum atomic E-state index is 12.2. The summed E-state index contributed by atoms with van der Waals surface area (Å²) in [7, 11) is 0. The van der Waals surface area contributed by atoms with Crippen LogP contribution >= 0.6 is 11.8 Å². The van der Waals surface area contributed by atoms with Gasteiger partial charge in [-0.15, -0.1) is 0 Å². The smallest absolute Gasteiger partial charge is 0.344 e. The second-order valence-electron chi connectivity index (χ2n) is 5.55. The third-order valence-corrected chi connectivity index (χ3v) is 4.46. The molecule has 10 heteroatoms. The number of urea groups is 1. The minimum atomic E-state index is -2.50. The van der Waals surface area contributed by atoms with Crippen molar-refractivity contribution in [1.29, 1.82) is 0 Å². The van der Waals surface area contributed by atoms with Crippen LogP contribution in [0.5, 0.6) is 0 Å². The molecule has 1 aliphatic rings. The number of hydrogen-bond acceptors (Lipinski definition) is 5. The van der Waals surface area contributed by atoms with E-state index < -0.39 is 29.1 Å². The lowest BCUT2D eigenvalue weighted by Crippen LogP contribution is -2.50. The Labute approximate surface area is 147 Å². The van der Waals surface area contributed by atoms with E-state index in [4.69, 9.17) is 0 Å². The predicted octanol–water partition coefficient (Wildman–Crippen LogP) is 2.16. The van der Waals surface area contributed by atoms with Gasteiger partial charge in [0.2, 0.25) is 0 Å². The molecule has 0 bridgehead atoms. The summed E-state index contributed by atoms with van der Waals surface area (Å²) in [5, 5.41) is 5.97. The third kappa shape index (κ3) is 4.59. The second-order valence-corrected chi connectivity index (χ2v) is 6.61. The summed E-state index contributed by atoms with van der Waals surface area (Å²) in [4.78, 5) is 36.3. The van der Waals surface area contributed by atoms with Crippen LogP contribution in [0, 0.1) is 0 Å². The minimum absolute atomic E-state index is 0.193. The van der Waals surface area contributed by atoms with Gasteiger partial charge in [0.15, 0.2) is 0 Å². The van der Waals surface area contributed by atoms with E-state index >= 15 is 0 Å². The van der Waals surface area contributed by atoms with Crippen LogP contribution < -0.4 is 16.1 Å². The zero-order valence-electron chi connectivity index (χ0n) is 13.6. The van der Waals surface area contributed by atoms with Gasteiger partial charge in [-0.25, -0.2) is 4.79 Å². The summed E-state index contributed by atoms with van der Waals surface area (Å²) in [6.07, 6.45) is 0.394. The number of halogens is 2. The number of alkyl halides is 2. The van der Waals surface area contributed by atoms with Gasteiger partial charge in [-0.1, -0.05) is 18.7 Å². The molecule has 1 atom stereocenters. The average Bonchev–Trinajstić information content (AvgIpc) is 2.77. The lowest BCUT2D eigenvalue weighted by atomic mass is 10.00. The van der Waals surface area contributed by atoms with Crippen molar-refractivity contribution in [3.63, 3.8) is 0 Å². The van der Waals surface area contributed by atoms with Crippen molar-refractivity contribution < 1.29 is 23.2 Å². The van der Waals surface area contributed by atoms with Crippen LogP contribution in [0.2, 0.25) is 0 Å². The summed E-state index contributed by atoms with van der Waals surface area (Å²) < 4.78 is 24.5. The molecular formula is C15H18F2N4O3S. The Bertz CT molecular complexity index is 671. The van der Waals surface area contributed by atoms with Crippen molar-refractivity contribution in [1.82, 2.24) is 15.8 Å². The highest BCUT2D eigenvalue weighted by Crippen LogP contribution is 2.26. The second kappa shape index (κ2) is 7.68. The number of hydrazine groups is 1. The molecule has 3 N–H and O–H groups in total. The highest BCUT2D eigenvalue weighted by Gasteiger charge is 2.47. The molecule has 25 heavy (non-hydrogen) atoms. The van der Waals surface area contributed by atoms with E-state index in [2.05, 4.69) is 16.1 Å². The fraction of sp³-hybridized carbons (Fsp3) is 0.400. The molecule has 1 fully saturated rings. The molecule has 1 unspecified atom stereocenters. The molecule has 1 aliphatic heterocycles. The van der Waals surface area contributed by atoms with Crippen LogP contribution in [-0.4, -0.2) is 40.7 Å². The molecule has 1 aromatic rings. The highest BCUT2D eigenvalue weighted by molar-refractivity contribution is 7.99. The van der Waals surface area contributed by atoms with Gasteiger partial charge in [0.25, 0.3) is 17.6 Å². The van der Waals surface area contributed by atoms with Crippen LogP contribution in [-0.2, 0) is 9.59 Å². The van der Waals surface area contributed by atoms with Gasteiger partial charge in [0, 0.05) is 10.6 Å². The maximum absolute atomic E-state index is 12.2. The minimum Gasteiger partial charge on any atom is -0.376 e. The predicted molar refractivity (Wildman–Crippen MR) is 89.0 cm³/mol. The number of carbonyl (C=O) groups excluding carboxylic acids is 3. The summed E-state index contributed by atoms with van der Waals surface area (Å²) >= 11 is 0.426. The quantitative estimate of drug-likeness (QED) is 0.504. The number of amides is 4. The van der Waals surface area contributed by atoms with E-state index in [-0.39, 0.29) is 6.54 Å². The zero-order valence-corrected chi connectivity index (χ0v) is 14.5. The number of thioether (sulfide) groups is 1. The third-order valence-electron chi connectivity index (χ3n) is 3.74. The van der Waals surface area contributed by atoms with Crippen molar-refractivity contribution in [3.05, 3.63) is 24.3 Å². The molecule has 7 nitrogen and oxygen atoms in total. The molecule has 1 aromatic carbocycles. The average molecular weight is 372 g/mol. The number of hydrogen-bond donors (Lipinski definition) is 3. The molecule has 0 spiro atoms. The van der Waals surface area contributed by atoms with Crippen LogP contribution in [0.1, 0.15) is 20.3 Å². The zero-order chi connectivity index (χ0) is 18.6. The van der Waals surface area contributed by atoms with Crippen LogP contribution in [0.15, 0.2) is 29.2 Å². The fourth-order valence-electron chi connectivity index (χ4n) is 2.13. The first-order valence-corrected chi connectivity index (χ1v) is 8.38. The molecule has 1 saturated heterocycles. The van der Waals surface area contributed by atoms with Crippen molar-refractivity contribution in [2.75, 3.05) is 11.9 Å². The van der Waals surface area contributed by atoms with E-state index in [0.29, 0.717) is 33.8 Å². The summed E-state index contributed by atoms with van der Waals surface area (Å²) in [5.74, 6) is -3.61. The number of imide groups is 1. The number of nitrogens with zero attached hydrogens (tertiary/aromatic N) is 1. The number of anilines is 1. The monoisotopic (exact) mass is 372 g/mol. The molecule has 0 aromatic heterocycles. The summed E-state index contributed by atoms with van der Waals surface area (Å²) in [6.45, 7) is 3.14. The normalized spacial score (nSPS) is 20.0. The largest absolute Gasteiger partial charge is 0.376 e. The van der Waals surface area contributed by atoms with Gasteiger partial charge in [-0.05, 0) is 37.6 Å². The summed E-state index contributed by atoms with van der Waals surface area (Å²) in [6, 6.07) is 5.43. The van der Waals surface area contributed by atoms with Crippen molar-refractivity contribution in [2.24, 2.45) is 0 Å². The molecule has 4 amide bonds. The Morgan fingerprint density at radius 1 is 1.32 bits per heavy atom. The molecule has 2 rings (SSSR count). The van der Waals surface area contributed by atoms with Crippen molar-refractivity contribution in [3.8, 4) is 0 Å². The molecule has 0 aliphatic carbocycles. The Balaban J connectivity index is 1.87. The molecule has 0 radical (unpaired) electrons. The summed E-state index contributed by atoms with van der Waals surface area (Å²) in [5.41, 5.74) is 1.76. The standard InChI is InChI=1S/C15H18F2N4O3S/c1-3-15(2)12(23)21(14(24)19-15)20-11(22)8-18-9-4-6-10(7-5-9)25-13(16)17/h4-7,13,18H,3,8H2,1-2H3,(H,19,24)(H,20,22). The fourth-order valence-corrected chi connectivity index (χ4v) is 2.63. The van der Waals surface area contributed by atoms with E-state index in [9.17, 15) is 23.2 Å². The SMILES string of the molecule is CCC1(C)NC(=O)N(NC(=O)CNc2ccc(SC(F)F)cc2)C1=O. The Morgan fingerprint density at radius 2 is 1.96 bits per heavy atom. The van der Waals surface area contributed by atoms with E-state index in [1.165, 1.54) is 12.1 Å². The van der Waals surface area contributed by atoms with Crippen LogP contribution in [0.3, 0.4) is 0 Å². The number of benzene rings is 1. The van der Waals surface area contributed by atoms with Gasteiger partial charge < -0.3 is 10.6 Å². The first-order chi connectivity index (χ1) is 11.7. The van der Waals surface area contributed by atoms with Gasteiger partial charge >= 0.3 is 6.03 Å². The molecule has 1 heterocycles. The van der Waals surface area contributed by atoms with Gasteiger partial charge in [-0.3, -0.25) is 15.0 Å². The van der Waals surface area contributed by atoms with Crippen LogP contribution in [0.25, 0.3) is 0 Å². The number of carbonyl (C=O) groups is 3. The van der Waals surface area contributed by atoms with E-state index in [0.717, 1.165) is 0 Å². The molecular weight excluding hydrogens is 354 g/mol. The van der Waals surface area contributed by atoms with Crippen molar-refractivity contribution in [2.45, 2.75) is 36.5 Å². The Kier molecular flexibility index (Phi) is 5.83. The Hall–Kier alpha value is -2.36. The Morgan fingerprint density at radius 3 is 2.48 bits per heavy atom. The van der Waals surface area contributed by atoms with Crippen LogP contribution in [0.4, 0.5) is 19.3 Å². The lowest BCUT2D eigenvalue weighted by Gasteiger charge is -2.19. The number of nitrogens with one attached hydrogen (secondary N) is 3. The van der Waals surface area contributed by atoms with E-state index in [1.807, 2.05) is 0 Å². The van der Waals surface area contributed by atoms with Gasteiger partial charge in [0.05, 0.1) is 6.54 Å². The number of rotatable bonds is 7. The van der Waals surface area contributed by atoms with Gasteiger partial charge in [-0.2, -0.15) is 13.8 Å². The molecule has 136 valence electrons. The topological polar surface area (TPSA) is 90.5 Å². The van der Waals surface area contributed by atoms with Crippen molar-refractivity contribution >= 4 is 35.3 Å². The van der Waals surface area contributed by atoms with E-state index in [1.54, 1.807) is 26.0 Å². The first-order valence-electron chi connectivity index (χ1n) is 7.50. The maximum Gasteiger partial charge on any atom is 0.344 e. The lowest BCUT2D eigenvalue weighted by molar-refractivity contribution is -0.138. The first kappa shape index (κ1) is 19.0. The molecule has 0 saturated carbocycles.